The van der Waals surface area contributed by atoms with Crippen LogP contribution < -0.4 is 14.8 Å². The van der Waals surface area contributed by atoms with E-state index in [-0.39, 0.29) is 24.2 Å². The summed E-state index contributed by atoms with van der Waals surface area (Å²) in [4.78, 5) is 12.2. The monoisotopic (exact) mass is 359 g/mol. The molecular formula is C20H22ClNO3. The quantitative estimate of drug-likeness (QED) is 0.865. The summed E-state index contributed by atoms with van der Waals surface area (Å²) in [6.07, 6.45) is 0.831. The fourth-order valence-corrected chi connectivity index (χ4v) is 3.19. The molecule has 0 radical (unpaired) electrons. The third kappa shape index (κ3) is 4.26. The van der Waals surface area contributed by atoms with Gasteiger partial charge in [0.05, 0.1) is 6.04 Å². The van der Waals surface area contributed by atoms with Crippen molar-refractivity contribution >= 4 is 17.5 Å². The molecule has 132 valence electrons. The summed E-state index contributed by atoms with van der Waals surface area (Å²) in [6, 6.07) is 13.1. The summed E-state index contributed by atoms with van der Waals surface area (Å²) in [6.45, 7) is 5.92. The molecule has 0 fully saturated rings. The molecule has 0 unspecified atom stereocenters. The van der Waals surface area contributed by atoms with E-state index in [2.05, 4.69) is 5.32 Å². The molecular weight excluding hydrogens is 338 g/mol. The second kappa shape index (κ2) is 6.96. The summed E-state index contributed by atoms with van der Waals surface area (Å²) in [5, 5.41) is 3.56. The Balaban J connectivity index is 1.60. The van der Waals surface area contributed by atoms with Gasteiger partial charge in [0.15, 0.2) is 18.1 Å². The lowest BCUT2D eigenvalue weighted by Crippen LogP contribution is -2.31. The minimum Gasteiger partial charge on any atom is -0.483 e. The average Bonchev–Trinajstić information content (AvgIpc) is 2.87. The number of carbonyl (C=O) groups excluding carboxylic acids is 1. The van der Waals surface area contributed by atoms with Gasteiger partial charge in [0, 0.05) is 17.0 Å². The number of nitrogens with one attached hydrogen (secondary N) is 1. The van der Waals surface area contributed by atoms with Crippen molar-refractivity contribution in [1.29, 1.82) is 0 Å². The Morgan fingerprint density at radius 1 is 1.32 bits per heavy atom. The fraction of sp³-hybridized carbons (Fsp3) is 0.350. The third-order valence-electron chi connectivity index (χ3n) is 4.14. The van der Waals surface area contributed by atoms with Crippen molar-refractivity contribution in [1.82, 2.24) is 5.32 Å². The average molecular weight is 360 g/mol. The largest absolute Gasteiger partial charge is 0.483 e. The van der Waals surface area contributed by atoms with Crippen LogP contribution in [0, 0.1) is 0 Å². The number of benzene rings is 2. The fourth-order valence-electron chi connectivity index (χ4n) is 2.99. The maximum Gasteiger partial charge on any atom is 0.258 e. The highest BCUT2D eigenvalue weighted by molar-refractivity contribution is 6.30. The van der Waals surface area contributed by atoms with E-state index < -0.39 is 0 Å². The van der Waals surface area contributed by atoms with E-state index in [9.17, 15) is 4.79 Å². The van der Waals surface area contributed by atoms with Crippen molar-refractivity contribution < 1.29 is 14.3 Å². The summed E-state index contributed by atoms with van der Waals surface area (Å²) in [5.74, 6) is 1.15. The van der Waals surface area contributed by atoms with E-state index >= 15 is 0 Å². The molecule has 0 saturated heterocycles. The van der Waals surface area contributed by atoms with E-state index in [1.807, 2.05) is 57.2 Å². The van der Waals surface area contributed by atoms with Crippen LogP contribution in [0.25, 0.3) is 0 Å². The number of hydrogen-bond donors (Lipinski definition) is 1. The Hall–Kier alpha value is -2.20. The van der Waals surface area contributed by atoms with Crippen LogP contribution in [0.5, 0.6) is 11.5 Å². The van der Waals surface area contributed by atoms with Gasteiger partial charge in [0.1, 0.15) is 5.60 Å². The molecule has 2 aromatic rings. The minimum absolute atomic E-state index is 0.0643. The second-order valence-corrected chi connectivity index (χ2v) is 7.35. The standard InChI is InChI=1S/C20H22ClNO3/c1-13(14-6-4-8-16(21)10-14)22-18(23)12-24-17-9-5-7-15-11-20(2,3)25-19(15)17/h4-10,13H,11-12H2,1-3H3,(H,22,23)/t13-/m0/s1. The predicted octanol–water partition coefficient (Wildman–Crippen LogP) is 4.31. The Bertz CT molecular complexity index is 788. The van der Waals surface area contributed by atoms with E-state index in [0.717, 1.165) is 23.3 Å². The second-order valence-electron chi connectivity index (χ2n) is 6.92. The van der Waals surface area contributed by atoms with Crippen LogP contribution in [-0.4, -0.2) is 18.1 Å². The van der Waals surface area contributed by atoms with Gasteiger partial charge in [-0.1, -0.05) is 35.9 Å². The van der Waals surface area contributed by atoms with Crippen molar-refractivity contribution in [2.45, 2.75) is 38.8 Å². The number of carbonyl (C=O) groups is 1. The third-order valence-corrected chi connectivity index (χ3v) is 4.38. The van der Waals surface area contributed by atoms with Crippen molar-refractivity contribution in [2.24, 2.45) is 0 Å². The van der Waals surface area contributed by atoms with Crippen molar-refractivity contribution in [3.8, 4) is 11.5 Å². The molecule has 1 atom stereocenters. The number of amides is 1. The number of rotatable bonds is 5. The maximum absolute atomic E-state index is 12.2. The van der Waals surface area contributed by atoms with Gasteiger partial charge in [-0.15, -0.1) is 0 Å². The molecule has 1 amide bonds. The number of hydrogen-bond acceptors (Lipinski definition) is 3. The number of fused-ring (bicyclic) bond motifs is 1. The lowest BCUT2D eigenvalue weighted by Gasteiger charge is -2.18. The molecule has 0 bridgehead atoms. The summed E-state index contributed by atoms with van der Waals surface area (Å²) in [5.41, 5.74) is 1.81. The lowest BCUT2D eigenvalue weighted by atomic mass is 10.0. The van der Waals surface area contributed by atoms with Gasteiger partial charge in [-0.05, 0) is 44.5 Å². The summed E-state index contributed by atoms with van der Waals surface area (Å²) >= 11 is 5.99. The van der Waals surface area contributed by atoms with Crippen LogP contribution in [0.4, 0.5) is 0 Å². The van der Waals surface area contributed by atoms with Crippen LogP contribution in [-0.2, 0) is 11.2 Å². The predicted molar refractivity (Wildman–Crippen MR) is 98.4 cm³/mol. The first-order valence-corrected chi connectivity index (χ1v) is 8.70. The molecule has 1 aliphatic heterocycles. The smallest absolute Gasteiger partial charge is 0.258 e. The topological polar surface area (TPSA) is 47.6 Å². The highest BCUT2D eigenvalue weighted by Gasteiger charge is 2.32. The number of para-hydroxylation sites is 1. The SMILES string of the molecule is C[C@H](NC(=O)COc1cccc2c1OC(C)(C)C2)c1cccc(Cl)c1. The van der Waals surface area contributed by atoms with E-state index in [1.165, 1.54) is 0 Å². The Morgan fingerprint density at radius 2 is 2.08 bits per heavy atom. The zero-order valence-corrected chi connectivity index (χ0v) is 15.4. The van der Waals surface area contributed by atoms with Gasteiger partial charge in [-0.2, -0.15) is 0 Å². The zero-order valence-electron chi connectivity index (χ0n) is 14.6. The summed E-state index contributed by atoms with van der Waals surface area (Å²) in [7, 11) is 0. The van der Waals surface area contributed by atoms with E-state index in [0.29, 0.717) is 10.8 Å². The van der Waals surface area contributed by atoms with Crippen molar-refractivity contribution in [2.75, 3.05) is 6.61 Å². The number of ether oxygens (including phenoxy) is 2. The molecule has 1 heterocycles. The highest BCUT2D eigenvalue weighted by atomic mass is 35.5. The van der Waals surface area contributed by atoms with Gasteiger partial charge in [-0.25, -0.2) is 0 Å². The molecule has 0 saturated carbocycles. The Kier molecular flexibility index (Phi) is 4.91. The maximum atomic E-state index is 12.2. The van der Waals surface area contributed by atoms with Gasteiger partial charge < -0.3 is 14.8 Å². The van der Waals surface area contributed by atoms with Gasteiger partial charge in [0.2, 0.25) is 0 Å². The van der Waals surface area contributed by atoms with Crippen LogP contribution in [0.3, 0.4) is 0 Å². The van der Waals surface area contributed by atoms with Gasteiger partial charge >= 0.3 is 0 Å². The van der Waals surface area contributed by atoms with E-state index in [1.54, 1.807) is 6.07 Å². The molecule has 0 aliphatic carbocycles. The van der Waals surface area contributed by atoms with Crippen LogP contribution in [0.2, 0.25) is 5.02 Å². The first-order chi connectivity index (χ1) is 11.8. The van der Waals surface area contributed by atoms with E-state index in [4.69, 9.17) is 21.1 Å². The van der Waals surface area contributed by atoms with Crippen LogP contribution >= 0.6 is 11.6 Å². The highest BCUT2D eigenvalue weighted by Crippen LogP contribution is 2.41. The van der Waals surface area contributed by atoms with Crippen LogP contribution in [0.1, 0.15) is 37.9 Å². The normalized spacial score (nSPS) is 15.8. The molecule has 4 nitrogen and oxygen atoms in total. The minimum atomic E-state index is -0.245. The molecule has 2 aromatic carbocycles. The molecule has 0 aromatic heterocycles. The number of halogens is 1. The molecule has 25 heavy (non-hydrogen) atoms. The van der Waals surface area contributed by atoms with Gasteiger partial charge in [-0.3, -0.25) is 4.79 Å². The van der Waals surface area contributed by atoms with Crippen molar-refractivity contribution in [3.63, 3.8) is 0 Å². The zero-order chi connectivity index (χ0) is 18.0. The first-order valence-electron chi connectivity index (χ1n) is 8.32. The Morgan fingerprint density at radius 3 is 2.84 bits per heavy atom. The lowest BCUT2D eigenvalue weighted by molar-refractivity contribution is -0.123. The molecule has 1 N–H and O–H groups in total. The molecule has 3 rings (SSSR count). The van der Waals surface area contributed by atoms with Crippen molar-refractivity contribution in [3.05, 3.63) is 58.6 Å². The molecule has 0 spiro atoms. The van der Waals surface area contributed by atoms with Gasteiger partial charge in [0.25, 0.3) is 5.91 Å². The van der Waals surface area contributed by atoms with Crippen LogP contribution in [0.15, 0.2) is 42.5 Å². The molecule has 5 heteroatoms. The molecule has 1 aliphatic rings. The Labute approximate surface area is 153 Å². The summed E-state index contributed by atoms with van der Waals surface area (Å²) < 4.78 is 11.7. The first kappa shape index (κ1) is 17.6.